The van der Waals surface area contributed by atoms with Gasteiger partial charge >= 0.3 is 12.1 Å². The van der Waals surface area contributed by atoms with Crippen molar-refractivity contribution in [3.63, 3.8) is 0 Å². The number of carboxylic acids is 1. The molecule has 6 nitrogen and oxygen atoms in total. The SMILES string of the molecule is CC1CCCc2nc3cc(C4CCC(C(F)(F)F)CC4)nn3c(N3CCC[C@@](C)(C(=O)O)C3)c21. The fraction of sp³-hybridized carbons (Fsp3) is 0.720. The highest BCUT2D eigenvalue weighted by Gasteiger charge is 2.43. The second-order valence-corrected chi connectivity index (χ2v) is 10.9. The van der Waals surface area contributed by atoms with E-state index in [-0.39, 0.29) is 18.8 Å². The first kappa shape index (κ1) is 23.4. The summed E-state index contributed by atoms with van der Waals surface area (Å²) in [4.78, 5) is 19.1. The summed E-state index contributed by atoms with van der Waals surface area (Å²) in [6, 6.07) is 1.95. The molecule has 5 rings (SSSR count). The number of rotatable bonds is 3. The minimum Gasteiger partial charge on any atom is -0.481 e. The Balaban J connectivity index is 1.55. The molecule has 2 aromatic heterocycles. The summed E-state index contributed by atoms with van der Waals surface area (Å²) in [5.74, 6) is -0.775. The summed E-state index contributed by atoms with van der Waals surface area (Å²) in [6.07, 6.45) is 1.50. The number of carbonyl (C=O) groups is 1. The summed E-state index contributed by atoms with van der Waals surface area (Å²) >= 11 is 0. The molecule has 1 unspecified atom stereocenters. The molecule has 0 radical (unpaired) electrons. The van der Waals surface area contributed by atoms with E-state index in [0.29, 0.717) is 31.7 Å². The minimum atomic E-state index is -4.13. The van der Waals surface area contributed by atoms with Gasteiger partial charge in [-0.25, -0.2) is 4.98 Å². The molecule has 0 bridgehead atoms. The molecule has 186 valence electrons. The lowest BCUT2D eigenvalue weighted by atomic mass is 9.80. The Morgan fingerprint density at radius 2 is 1.91 bits per heavy atom. The van der Waals surface area contributed by atoms with Crippen LogP contribution in [0.1, 0.15) is 94.0 Å². The first-order valence-electron chi connectivity index (χ1n) is 12.5. The Kier molecular flexibility index (Phi) is 5.80. The smallest absolute Gasteiger partial charge is 0.391 e. The first-order chi connectivity index (χ1) is 16.1. The lowest BCUT2D eigenvalue weighted by Crippen LogP contribution is -2.47. The summed E-state index contributed by atoms with van der Waals surface area (Å²) in [7, 11) is 0. The van der Waals surface area contributed by atoms with Crippen molar-refractivity contribution in [1.29, 1.82) is 0 Å². The van der Waals surface area contributed by atoms with Crippen molar-refractivity contribution in [2.75, 3.05) is 18.0 Å². The van der Waals surface area contributed by atoms with Crippen LogP contribution in [0.3, 0.4) is 0 Å². The number of anilines is 1. The van der Waals surface area contributed by atoms with Crippen molar-refractivity contribution < 1.29 is 23.1 Å². The van der Waals surface area contributed by atoms with Crippen LogP contribution in [0.2, 0.25) is 0 Å². The fourth-order valence-corrected chi connectivity index (χ4v) is 6.30. The highest BCUT2D eigenvalue weighted by atomic mass is 19.4. The first-order valence-corrected chi connectivity index (χ1v) is 12.5. The molecular formula is C25H33F3N4O2. The van der Waals surface area contributed by atoms with Crippen molar-refractivity contribution in [3.8, 4) is 0 Å². The topological polar surface area (TPSA) is 70.7 Å². The van der Waals surface area contributed by atoms with Crippen molar-refractivity contribution in [2.45, 2.75) is 89.6 Å². The molecule has 2 aliphatic carbocycles. The van der Waals surface area contributed by atoms with Gasteiger partial charge in [-0.15, -0.1) is 0 Å². The van der Waals surface area contributed by atoms with Gasteiger partial charge in [0, 0.05) is 30.6 Å². The number of alkyl halides is 3. The van der Waals surface area contributed by atoms with E-state index in [9.17, 15) is 23.1 Å². The largest absolute Gasteiger partial charge is 0.481 e. The molecule has 3 aliphatic rings. The van der Waals surface area contributed by atoms with Gasteiger partial charge in [-0.3, -0.25) is 4.79 Å². The van der Waals surface area contributed by atoms with Crippen LogP contribution >= 0.6 is 0 Å². The lowest BCUT2D eigenvalue weighted by molar-refractivity contribution is -0.182. The minimum absolute atomic E-state index is 0.00626. The zero-order valence-electron chi connectivity index (χ0n) is 19.9. The Bertz CT molecular complexity index is 1090. The third-order valence-electron chi connectivity index (χ3n) is 8.38. The molecule has 1 N–H and O–H groups in total. The molecule has 2 aromatic rings. The number of aliphatic carboxylic acids is 1. The fourth-order valence-electron chi connectivity index (χ4n) is 6.30. The quantitative estimate of drug-likeness (QED) is 0.613. The number of carboxylic acid groups (broad SMARTS) is 1. The molecule has 3 heterocycles. The van der Waals surface area contributed by atoms with E-state index < -0.39 is 23.5 Å². The number of halogens is 3. The van der Waals surface area contributed by atoms with Gasteiger partial charge < -0.3 is 10.0 Å². The highest BCUT2D eigenvalue weighted by molar-refractivity contribution is 5.76. The lowest BCUT2D eigenvalue weighted by Gasteiger charge is -2.40. The summed E-state index contributed by atoms with van der Waals surface area (Å²) < 4.78 is 41.3. The van der Waals surface area contributed by atoms with Gasteiger partial charge in [-0.2, -0.15) is 22.8 Å². The Hall–Kier alpha value is -2.32. The second kappa shape index (κ2) is 8.41. The number of nitrogens with zero attached hydrogens (tertiary/aromatic N) is 4. The third kappa shape index (κ3) is 4.05. The van der Waals surface area contributed by atoms with E-state index in [2.05, 4.69) is 11.8 Å². The molecule has 0 aromatic carbocycles. The number of aromatic nitrogens is 3. The van der Waals surface area contributed by atoms with E-state index in [0.717, 1.165) is 60.6 Å². The molecule has 1 aliphatic heterocycles. The maximum Gasteiger partial charge on any atom is 0.391 e. The highest BCUT2D eigenvalue weighted by Crippen LogP contribution is 2.44. The number of fused-ring (bicyclic) bond motifs is 2. The Labute approximate surface area is 197 Å². The molecule has 1 saturated heterocycles. The molecule has 9 heteroatoms. The van der Waals surface area contributed by atoms with E-state index >= 15 is 0 Å². The van der Waals surface area contributed by atoms with E-state index in [4.69, 9.17) is 10.1 Å². The maximum absolute atomic E-state index is 13.1. The van der Waals surface area contributed by atoms with Crippen molar-refractivity contribution in [3.05, 3.63) is 23.0 Å². The van der Waals surface area contributed by atoms with Gasteiger partial charge in [0.2, 0.25) is 0 Å². The average Bonchev–Trinajstić information content (AvgIpc) is 3.21. The van der Waals surface area contributed by atoms with Gasteiger partial charge in [-0.05, 0) is 70.6 Å². The molecule has 2 atom stereocenters. The molecular weight excluding hydrogens is 445 g/mol. The van der Waals surface area contributed by atoms with Gasteiger partial charge in [0.1, 0.15) is 5.82 Å². The zero-order valence-corrected chi connectivity index (χ0v) is 19.9. The molecule has 34 heavy (non-hydrogen) atoms. The Morgan fingerprint density at radius 3 is 2.59 bits per heavy atom. The van der Waals surface area contributed by atoms with Crippen LogP contribution in [0.15, 0.2) is 6.07 Å². The molecule has 2 fully saturated rings. The predicted molar refractivity (Wildman–Crippen MR) is 122 cm³/mol. The van der Waals surface area contributed by atoms with Crippen LogP contribution in [-0.4, -0.2) is 44.9 Å². The zero-order chi connectivity index (χ0) is 24.3. The third-order valence-corrected chi connectivity index (χ3v) is 8.38. The number of hydrogen-bond donors (Lipinski definition) is 1. The summed E-state index contributed by atoms with van der Waals surface area (Å²) in [6.45, 7) is 5.17. The Morgan fingerprint density at radius 1 is 1.18 bits per heavy atom. The van der Waals surface area contributed by atoms with Gasteiger partial charge in [0.25, 0.3) is 0 Å². The molecule has 1 saturated carbocycles. The molecule has 0 amide bonds. The van der Waals surface area contributed by atoms with Crippen LogP contribution in [0, 0.1) is 11.3 Å². The van der Waals surface area contributed by atoms with Gasteiger partial charge in [0.05, 0.1) is 22.7 Å². The van der Waals surface area contributed by atoms with Crippen LogP contribution in [0.25, 0.3) is 5.65 Å². The van der Waals surface area contributed by atoms with Crippen LogP contribution in [0.4, 0.5) is 19.0 Å². The average molecular weight is 479 g/mol. The normalized spacial score (nSPS) is 30.4. The van der Waals surface area contributed by atoms with Crippen LogP contribution in [-0.2, 0) is 11.2 Å². The monoisotopic (exact) mass is 478 g/mol. The number of aryl methyl sites for hydroxylation is 1. The van der Waals surface area contributed by atoms with Gasteiger partial charge in [-0.1, -0.05) is 6.92 Å². The van der Waals surface area contributed by atoms with Crippen LogP contribution in [0.5, 0.6) is 0 Å². The second-order valence-electron chi connectivity index (χ2n) is 10.9. The van der Waals surface area contributed by atoms with Crippen molar-refractivity contribution >= 4 is 17.4 Å². The predicted octanol–water partition coefficient (Wildman–Crippen LogP) is 5.70. The number of piperidine rings is 1. The summed E-state index contributed by atoms with van der Waals surface area (Å²) in [5, 5.41) is 14.8. The maximum atomic E-state index is 13.1. The van der Waals surface area contributed by atoms with Crippen molar-refractivity contribution in [2.24, 2.45) is 11.3 Å². The van der Waals surface area contributed by atoms with E-state index in [1.165, 1.54) is 0 Å². The number of hydrogen-bond acceptors (Lipinski definition) is 4. The standard InChI is InChI=1S/C25H33F3N4O2/c1-15-5-3-6-18-21(15)22(31-12-4-11-24(2,14-31)23(33)34)32-20(29-18)13-19(30-32)16-7-9-17(10-8-16)25(26,27)28/h13,15-17H,3-12,14H2,1-2H3,(H,33,34)/t15?,16?,17?,24-/m1/s1. The van der Waals surface area contributed by atoms with E-state index in [1.807, 2.05) is 17.5 Å². The van der Waals surface area contributed by atoms with Gasteiger partial charge in [0.15, 0.2) is 5.65 Å². The van der Waals surface area contributed by atoms with Crippen LogP contribution < -0.4 is 4.90 Å². The van der Waals surface area contributed by atoms with E-state index in [1.54, 1.807) is 0 Å². The molecule has 0 spiro atoms. The summed E-state index contributed by atoms with van der Waals surface area (Å²) in [5.41, 5.74) is 2.91. The van der Waals surface area contributed by atoms with Crippen molar-refractivity contribution in [1.82, 2.24) is 14.6 Å².